The Kier molecular flexibility index (Phi) is 6.61. The smallest absolute Gasteiger partial charge is 0.409 e. The normalized spacial score (nSPS) is 18.1. The number of nitrogens with one attached hydrogen (secondary N) is 2. The molecule has 1 unspecified atom stereocenters. The second-order valence-electron chi connectivity index (χ2n) is 8.20. The molecule has 0 aromatic heterocycles. The van der Waals surface area contributed by atoms with E-state index >= 15 is 0 Å². The number of alkyl carbamates (subject to hydrolysis) is 1. The summed E-state index contributed by atoms with van der Waals surface area (Å²) >= 11 is 0. The first-order valence-electron chi connectivity index (χ1n) is 9.96. The SMILES string of the molecule is CC(C)(C)OC(=O)NCOCC#Cc1cccc2c1CN(C1CCC(=O)NC1=O)C2=O. The van der Waals surface area contributed by atoms with Crippen LogP contribution in [0.1, 0.15) is 55.1 Å². The summed E-state index contributed by atoms with van der Waals surface area (Å²) in [5, 5.41) is 4.76. The fraction of sp³-hybridized carbons (Fsp3) is 0.455. The number of nitrogens with zero attached hydrogens (tertiary/aromatic N) is 1. The van der Waals surface area contributed by atoms with Crippen LogP contribution in [0.5, 0.6) is 0 Å². The number of hydrogen-bond acceptors (Lipinski definition) is 6. The predicted molar refractivity (Wildman–Crippen MR) is 110 cm³/mol. The zero-order valence-electron chi connectivity index (χ0n) is 17.7. The van der Waals surface area contributed by atoms with Gasteiger partial charge in [-0.15, -0.1) is 0 Å². The summed E-state index contributed by atoms with van der Waals surface area (Å²) in [6.07, 6.45) is -0.0599. The topological polar surface area (TPSA) is 114 Å². The molecule has 4 amide bonds. The van der Waals surface area contributed by atoms with Crippen LogP contribution in [-0.4, -0.2) is 53.7 Å². The average Bonchev–Trinajstić information content (AvgIpc) is 3.00. The van der Waals surface area contributed by atoms with E-state index in [1.165, 1.54) is 4.90 Å². The molecule has 2 aliphatic rings. The predicted octanol–water partition coefficient (Wildman–Crippen LogP) is 1.30. The van der Waals surface area contributed by atoms with Gasteiger partial charge in [-0.25, -0.2) is 4.79 Å². The summed E-state index contributed by atoms with van der Waals surface area (Å²) in [4.78, 5) is 49.4. The Morgan fingerprint density at radius 3 is 2.77 bits per heavy atom. The number of amides is 4. The lowest BCUT2D eigenvalue weighted by Gasteiger charge is -2.29. The molecule has 2 heterocycles. The Hall–Kier alpha value is -3.38. The molecule has 1 atom stereocenters. The molecule has 0 bridgehead atoms. The van der Waals surface area contributed by atoms with Crippen molar-refractivity contribution < 1.29 is 28.7 Å². The van der Waals surface area contributed by atoms with Crippen LogP contribution >= 0.6 is 0 Å². The third-order valence-corrected chi connectivity index (χ3v) is 4.70. The third kappa shape index (κ3) is 5.61. The van der Waals surface area contributed by atoms with Crippen molar-refractivity contribution in [2.75, 3.05) is 13.3 Å². The van der Waals surface area contributed by atoms with Gasteiger partial charge in [-0.1, -0.05) is 17.9 Å². The summed E-state index contributed by atoms with van der Waals surface area (Å²) in [5.74, 6) is 4.83. The summed E-state index contributed by atoms with van der Waals surface area (Å²) < 4.78 is 10.4. The van der Waals surface area contributed by atoms with Gasteiger partial charge in [-0.2, -0.15) is 0 Å². The van der Waals surface area contributed by atoms with E-state index in [0.29, 0.717) is 17.5 Å². The van der Waals surface area contributed by atoms with Crippen molar-refractivity contribution in [2.24, 2.45) is 0 Å². The molecule has 9 heteroatoms. The molecule has 0 radical (unpaired) electrons. The fourth-order valence-corrected chi connectivity index (χ4v) is 3.36. The largest absolute Gasteiger partial charge is 0.444 e. The number of hydrogen-bond donors (Lipinski definition) is 2. The van der Waals surface area contributed by atoms with Crippen LogP contribution < -0.4 is 10.6 Å². The van der Waals surface area contributed by atoms with Crippen molar-refractivity contribution in [1.29, 1.82) is 0 Å². The van der Waals surface area contributed by atoms with E-state index in [2.05, 4.69) is 22.5 Å². The quantitative estimate of drug-likeness (QED) is 0.324. The molecule has 0 spiro atoms. The van der Waals surface area contributed by atoms with Crippen molar-refractivity contribution in [3.05, 3.63) is 34.9 Å². The van der Waals surface area contributed by atoms with Gasteiger partial charge in [0.15, 0.2) is 0 Å². The third-order valence-electron chi connectivity index (χ3n) is 4.70. The molecular formula is C22H25N3O6. The van der Waals surface area contributed by atoms with Gasteiger partial charge in [-0.05, 0) is 44.9 Å². The van der Waals surface area contributed by atoms with E-state index in [9.17, 15) is 19.2 Å². The first-order valence-corrected chi connectivity index (χ1v) is 9.96. The number of benzene rings is 1. The Morgan fingerprint density at radius 2 is 2.06 bits per heavy atom. The minimum Gasteiger partial charge on any atom is -0.444 e. The van der Waals surface area contributed by atoms with Crippen LogP contribution in [0.3, 0.4) is 0 Å². The average molecular weight is 427 g/mol. The number of piperidine rings is 1. The van der Waals surface area contributed by atoms with Crippen molar-refractivity contribution in [3.63, 3.8) is 0 Å². The molecule has 2 N–H and O–H groups in total. The molecule has 1 fully saturated rings. The van der Waals surface area contributed by atoms with Gasteiger partial charge in [0.1, 0.15) is 25.0 Å². The van der Waals surface area contributed by atoms with E-state index < -0.39 is 23.6 Å². The van der Waals surface area contributed by atoms with E-state index in [-0.39, 0.29) is 38.1 Å². The molecule has 9 nitrogen and oxygen atoms in total. The summed E-state index contributed by atoms with van der Waals surface area (Å²) in [5.41, 5.74) is 1.33. The Balaban J connectivity index is 1.57. The van der Waals surface area contributed by atoms with Gasteiger partial charge < -0.3 is 14.4 Å². The maximum absolute atomic E-state index is 12.8. The summed E-state index contributed by atoms with van der Waals surface area (Å²) in [6.45, 7) is 5.59. The first kappa shape index (κ1) is 22.3. The maximum atomic E-state index is 12.8. The van der Waals surface area contributed by atoms with E-state index in [4.69, 9.17) is 9.47 Å². The van der Waals surface area contributed by atoms with E-state index in [1.54, 1.807) is 39.0 Å². The molecular weight excluding hydrogens is 402 g/mol. The van der Waals surface area contributed by atoms with Crippen LogP contribution in [0.25, 0.3) is 0 Å². The van der Waals surface area contributed by atoms with Crippen molar-refractivity contribution >= 4 is 23.8 Å². The van der Waals surface area contributed by atoms with Gasteiger partial charge in [-0.3, -0.25) is 25.0 Å². The monoisotopic (exact) mass is 427 g/mol. The van der Waals surface area contributed by atoms with Crippen LogP contribution in [0.2, 0.25) is 0 Å². The molecule has 1 aromatic carbocycles. The Labute approximate surface area is 180 Å². The van der Waals surface area contributed by atoms with Crippen LogP contribution in [0, 0.1) is 11.8 Å². The summed E-state index contributed by atoms with van der Waals surface area (Å²) in [7, 11) is 0. The highest BCUT2D eigenvalue weighted by Crippen LogP contribution is 2.29. The van der Waals surface area contributed by atoms with Gasteiger partial charge in [0.05, 0.1) is 0 Å². The second kappa shape index (κ2) is 9.18. The number of fused-ring (bicyclic) bond motifs is 1. The van der Waals surface area contributed by atoms with Crippen LogP contribution in [-0.2, 0) is 25.6 Å². The zero-order valence-corrected chi connectivity index (χ0v) is 17.7. The number of imide groups is 1. The Bertz CT molecular complexity index is 970. The van der Waals surface area contributed by atoms with E-state index in [1.807, 2.05) is 0 Å². The fourth-order valence-electron chi connectivity index (χ4n) is 3.36. The van der Waals surface area contributed by atoms with Crippen molar-refractivity contribution in [1.82, 2.24) is 15.5 Å². The summed E-state index contributed by atoms with van der Waals surface area (Å²) in [6, 6.07) is 4.57. The van der Waals surface area contributed by atoms with Crippen molar-refractivity contribution in [3.8, 4) is 11.8 Å². The van der Waals surface area contributed by atoms with Gasteiger partial charge in [0.2, 0.25) is 11.8 Å². The lowest BCUT2D eigenvalue weighted by Crippen LogP contribution is -2.52. The number of carbonyl (C=O) groups excluding carboxylic acids is 4. The molecule has 31 heavy (non-hydrogen) atoms. The van der Waals surface area contributed by atoms with Crippen LogP contribution in [0.4, 0.5) is 4.79 Å². The minimum atomic E-state index is -0.666. The first-order chi connectivity index (χ1) is 14.7. The van der Waals surface area contributed by atoms with Crippen LogP contribution in [0.15, 0.2) is 18.2 Å². The minimum absolute atomic E-state index is 0.0434. The zero-order chi connectivity index (χ0) is 22.6. The highest BCUT2D eigenvalue weighted by Gasteiger charge is 2.39. The standard InChI is InChI=1S/C22H25N3O6/c1-22(2,3)31-21(29)23-13-30-11-5-7-14-6-4-8-15-16(14)12-25(20(15)28)17-9-10-18(26)24-19(17)27/h4,6,8,17H,9-13H2,1-3H3,(H,23,29)(H,24,26,27). The lowest BCUT2D eigenvalue weighted by atomic mass is 10.0. The van der Waals surface area contributed by atoms with Gasteiger partial charge >= 0.3 is 6.09 Å². The molecule has 2 aliphatic heterocycles. The molecule has 0 aliphatic carbocycles. The maximum Gasteiger partial charge on any atom is 0.409 e. The highest BCUT2D eigenvalue weighted by atomic mass is 16.6. The lowest BCUT2D eigenvalue weighted by molar-refractivity contribution is -0.136. The van der Waals surface area contributed by atoms with Crippen molar-refractivity contribution in [2.45, 2.75) is 51.8 Å². The Morgan fingerprint density at radius 1 is 1.29 bits per heavy atom. The van der Waals surface area contributed by atoms with E-state index in [0.717, 1.165) is 5.56 Å². The van der Waals surface area contributed by atoms with Gasteiger partial charge in [0, 0.05) is 24.1 Å². The molecule has 0 saturated carbocycles. The number of carbonyl (C=O) groups is 4. The highest BCUT2D eigenvalue weighted by molar-refractivity contribution is 6.05. The number of rotatable bonds is 4. The van der Waals surface area contributed by atoms with Gasteiger partial charge in [0.25, 0.3) is 5.91 Å². The second-order valence-corrected chi connectivity index (χ2v) is 8.20. The number of ether oxygens (including phenoxy) is 2. The molecule has 1 saturated heterocycles. The molecule has 1 aromatic rings. The molecule has 3 rings (SSSR count). The molecule has 164 valence electrons.